The summed E-state index contributed by atoms with van der Waals surface area (Å²) in [6.07, 6.45) is 0.792. The summed E-state index contributed by atoms with van der Waals surface area (Å²) in [7, 11) is 0. The summed E-state index contributed by atoms with van der Waals surface area (Å²) >= 11 is 1.54. The molecule has 0 radical (unpaired) electrons. The summed E-state index contributed by atoms with van der Waals surface area (Å²) < 4.78 is 0. The lowest BCUT2D eigenvalue weighted by Crippen LogP contribution is -2.38. The van der Waals surface area contributed by atoms with Crippen molar-refractivity contribution in [1.29, 1.82) is 0 Å². The Bertz CT molecular complexity index is 434. The molecule has 1 heterocycles. The number of hydrogen-bond acceptors (Lipinski definition) is 4. The van der Waals surface area contributed by atoms with Crippen molar-refractivity contribution in [1.82, 2.24) is 15.6 Å². The van der Waals surface area contributed by atoms with Crippen LogP contribution in [-0.2, 0) is 11.3 Å². The number of amides is 2. The molecule has 0 spiro atoms. The van der Waals surface area contributed by atoms with Crippen LogP contribution >= 0.6 is 11.3 Å². The third-order valence-corrected chi connectivity index (χ3v) is 3.51. The van der Waals surface area contributed by atoms with Crippen molar-refractivity contribution in [2.24, 2.45) is 5.92 Å². The van der Waals surface area contributed by atoms with Crippen molar-refractivity contribution < 1.29 is 14.7 Å². The zero-order valence-corrected chi connectivity index (χ0v) is 11.9. The number of thiazole rings is 1. The summed E-state index contributed by atoms with van der Waals surface area (Å²) in [4.78, 5) is 26.4. The van der Waals surface area contributed by atoms with E-state index in [1.165, 1.54) is 11.3 Å². The number of hydrogen-bond donors (Lipinski definition) is 3. The molecule has 0 aliphatic carbocycles. The zero-order valence-electron chi connectivity index (χ0n) is 11.1. The van der Waals surface area contributed by atoms with Crippen molar-refractivity contribution in [2.75, 3.05) is 6.54 Å². The zero-order chi connectivity index (χ0) is 14.3. The molecule has 1 unspecified atom stereocenters. The number of rotatable bonds is 7. The fraction of sp³-hybridized carbons (Fsp3) is 0.583. The Morgan fingerprint density at radius 3 is 2.74 bits per heavy atom. The van der Waals surface area contributed by atoms with Gasteiger partial charge in [0.05, 0.1) is 17.2 Å². The molecule has 0 aromatic carbocycles. The van der Waals surface area contributed by atoms with Gasteiger partial charge in [-0.3, -0.25) is 4.79 Å². The van der Waals surface area contributed by atoms with Gasteiger partial charge in [-0.1, -0.05) is 13.3 Å². The molecule has 0 aliphatic rings. The fourth-order valence-electron chi connectivity index (χ4n) is 1.57. The molecule has 0 fully saturated rings. The number of carboxylic acid groups (broad SMARTS) is 1. The van der Waals surface area contributed by atoms with Crippen LogP contribution in [0.4, 0.5) is 4.79 Å². The molecule has 106 valence electrons. The second-order valence-electron chi connectivity index (χ2n) is 4.29. The highest BCUT2D eigenvalue weighted by Crippen LogP contribution is 2.08. The van der Waals surface area contributed by atoms with Gasteiger partial charge in [-0.05, 0) is 12.8 Å². The molecule has 1 rings (SSSR count). The van der Waals surface area contributed by atoms with Crippen molar-refractivity contribution in [3.8, 4) is 0 Å². The van der Waals surface area contributed by atoms with Crippen LogP contribution in [0.15, 0.2) is 5.38 Å². The van der Waals surface area contributed by atoms with Gasteiger partial charge in [-0.2, -0.15) is 0 Å². The summed E-state index contributed by atoms with van der Waals surface area (Å²) in [6, 6.07) is -0.297. The van der Waals surface area contributed by atoms with Gasteiger partial charge in [0.15, 0.2) is 0 Å². The van der Waals surface area contributed by atoms with E-state index in [4.69, 9.17) is 5.11 Å². The van der Waals surface area contributed by atoms with Crippen molar-refractivity contribution in [2.45, 2.75) is 33.2 Å². The topological polar surface area (TPSA) is 91.3 Å². The molecule has 1 aromatic heterocycles. The van der Waals surface area contributed by atoms with Crippen LogP contribution in [-0.4, -0.2) is 28.6 Å². The summed E-state index contributed by atoms with van der Waals surface area (Å²) in [6.45, 7) is 4.56. The molecule has 1 aromatic rings. The lowest BCUT2D eigenvalue weighted by atomic mass is 10.0. The number of aryl methyl sites for hydroxylation is 1. The molecule has 1 atom stereocenters. The van der Waals surface area contributed by atoms with Crippen LogP contribution in [0.3, 0.4) is 0 Å². The van der Waals surface area contributed by atoms with Gasteiger partial charge in [0.2, 0.25) is 0 Å². The Morgan fingerprint density at radius 2 is 2.21 bits per heavy atom. The fourth-order valence-corrected chi connectivity index (χ4v) is 2.18. The van der Waals surface area contributed by atoms with E-state index >= 15 is 0 Å². The predicted octanol–water partition coefficient (Wildman–Crippen LogP) is 1.75. The average molecular weight is 285 g/mol. The SMILES string of the molecule is CCC(CNC(=O)NCc1csc(C)n1)CC(=O)O. The van der Waals surface area contributed by atoms with Crippen LogP contribution < -0.4 is 10.6 Å². The Hall–Kier alpha value is -1.63. The van der Waals surface area contributed by atoms with Crippen LogP contribution in [0, 0.1) is 12.8 Å². The first-order valence-corrected chi connectivity index (χ1v) is 7.03. The van der Waals surface area contributed by atoms with Gasteiger partial charge in [-0.25, -0.2) is 9.78 Å². The molecule has 0 saturated heterocycles. The van der Waals surface area contributed by atoms with Gasteiger partial charge in [0, 0.05) is 18.3 Å². The highest BCUT2D eigenvalue weighted by atomic mass is 32.1. The molecule has 2 amide bonds. The quantitative estimate of drug-likeness (QED) is 0.711. The first-order chi connectivity index (χ1) is 9.01. The number of aliphatic carboxylic acids is 1. The number of carbonyl (C=O) groups is 2. The minimum absolute atomic E-state index is 0.0373. The number of carbonyl (C=O) groups excluding carboxylic acids is 1. The number of aromatic nitrogens is 1. The first-order valence-electron chi connectivity index (χ1n) is 6.15. The van der Waals surface area contributed by atoms with Gasteiger partial charge in [0.25, 0.3) is 0 Å². The normalized spacial score (nSPS) is 11.9. The molecule has 0 aliphatic heterocycles. The van der Waals surface area contributed by atoms with Gasteiger partial charge in [-0.15, -0.1) is 11.3 Å². The van der Waals surface area contributed by atoms with Crippen LogP contribution in [0.5, 0.6) is 0 Å². The number of carboxylic acids is 1. The summed E-state index contributed by atoms with van der Waals surface area (Å²) in [5.41, 5.74) is 0.829. The Balaban J connectivity index is 2.25. The van der Waals surface area contributed by atoms with E-state index in [2.05, 4.69) is 15.6 Å². The van der Waals surface area contributed by atoms with Crippen molar-refractivity contribution in [3.05, 3.63) is 16.1 Å². The molecule has 0 bridgehead atoms. The monoisotopic (exact) mass is 285 g/mol. The molecule has 0 saturated carbocycles. The smallest absolute Gasteiger partial charge is 0.315 e. The Labute approximate surface area is 116 Å². The lowest BCUT2D eigenvalue weighted by molar-refractivity contribution is -0.138. The lowest BCUT2D eigenvalue weighted by Gasteiger charge is -2.13. The van der Waals surface area contributed by atoms with E-state index in [1.807, 2.05) is 19.2 Å². The van der Waals surface area contributed by atoms with E-state index in [1.54, 1.807) is 0 Å². The van der Waals surface area contributed by atoms with Gasteiger partial charge in [0.1, 0.15) is 0 Å². The predicted molar refractivity (Wildman–Crippen MR) is 73.1 cm³/mol. The molecule has 6 nitrogen and oxygen atoms in total. The maximum atomic E-state index is 11.5. The highest BCUT2D eigenvalue weighted by Gasteiger charge is 2.12. The van der Waals surface area contributed by atoms with E-state index in [-0.39, 0.29) is 18.4 Å². The number of nitrogens with zero attached hydrogens (tertiary/aromatic N) is 1. The van der Waals surface area contributed by atoms with Crippen LogP contribution in [0.2, 0.25) is 0 Å². The second-order valence-corrected chi connectivity index (χ2v) is 5.36. The minimum atomic E-state index is -0.841. The number of nitrogens with one attached hydrogen (secondary N) is 2. The van der Waals surface area contributed by atoms with Gasteiger partial charge < -0.3 is 15.7 Å². The molecular formula is C12H19N3O3S. The first kappa shape index (κ1) is 15.4. The third-order valence-electron chi connectivity index (χ3n) is 2.69. The van der Waals surface area contributed by atoms with Crippen molar-refractivity contribution in [3.63, 3.8) is 0 Å². The standard InChI is InChI=1S/C12H19N3O3S/c1-3-9(4-11(16)17)5-13-12(18)14-6-10-7-19-8(2)15-10/h7,9H,3-6H2,1-2H3,(H,16,17)(H2,13,14,18). The summed E-state index contributed by atoms with van der Waals surface area (Å²) in [5, 5.41) is 16.9. The molecular weight excluding hydrogens is 266 g/mol. The van der Waals surface area contributed by atoms with Crippen LogP contribution in [0.25, 0.3) is 0 Å². The van der Waals surface area contributed by atoms with E-state index in [0.717, 1.165) is 17.1 Å². The summed E-state index contributed by atoms with van der Waals surface area (Å²) in [5.74, 6) is -0.878. The molecule has 7 heteroatoms. The average Bonchev–Trinajstić information content (AvgIpc) is 2.77. The maximum Gasteiger partial charge on any atom is 0.315 e. The number of urea groups is 1. The Morgan fingerprint density at radius 1 is 1.47 bits per heavy atom. The van der Waals surface area contributed by atoms with Crippen LogP contribution in [0.1, 0.15) is 30.5 Å². The van der Waals surface area contributed by atoms with E-state index in [9.17, 15) is 9.59 Å². The highest BCUT2D eigenvalue weighted by molar-refractivity contribution is 7.09. The third kappa shape index (κ3) is 6.19. The van der Waals surface area contributed by atoms with Crippen molar-refractivity contribution >= 4 is 23.3 Å². The molecule has 19 heavy (non-hydrogen) atoms. The van der Waals surface area contributed by atoms with E-state index in [0.29, 0.717) is 13.1 Å². The minimum Gasteiger partial charge on any atom is -0.481 e. The Kier molecular flexibility index (Phi) is 6.27. The molecule has 3 N–H and O–H groups in total. The maximum absolute atomic E-state index is 11.5. The largest absolute Gasteiger partial charge is 0.481 e. The second kappa shape index (κ2) is 7.73. The van der Waals surface area contributed by atoms with E-state index < -0.39 is 5.97 Å². The van der Waals surface area contributed by atoms with Gasteiger partial charge >= 0.3 is 12.0 Å².